The number of anilines is 1. The maximum atomic E-state index is 4.34. The summed E-state index contributed by atoms with van der Waals surface area (Å²) in [6, 6.07) is 12.9. The topological polar surface area (TPSA) is 24.9 Å². The zero-order valence-corrected chi connectivity index (χ0v) is 11.9. The van der Waals surface area contributed by atoms with Crippen LogP contribution in [0.4, 0.5) is 5.69 Å². The molecule has 0 fully saturated rings. The van der Waals surface area contributed by atoms with Crippen molar-refractivity contribution >= 4 is 27.9 Å². The number of hydrogen-bond donors (Lipinski definition) is 1. The highest BCUT2D eigenvalue weighted by molar-refractivity contribution is 7.10. The van der Waals surface area contributed by atoms with E-state index in [4.69, 9.17) is 0 Å². The molecule has 19 heavy (non-hydrogen) atoms. The summed E-state index contributed by atoms with van der Waals surface area (Å²) >= 11 is 1.81. The number of pyridine rings is 1. The average molecular weight is 268 g/mol. The number of nitrogens with one attached hydrogen (secondary N) is 1. The van der Waals surface area contributed by atoms with Gasteiger partial charge in [-0.3, -0.25) is 4.98 Å². The third-order valence-electron chi connectivity index (χ3n) is 3.28. The smallest absolute Gasteiger partial charge is 0.0703 e. The summed E-state index contributed by atoms with van der Waals surface area (Å²) in [4.78, 5) is 5.73. The number of thiophene rings is 1. The highest BCUT2D eigenvalue weighted by Crippen LogP contribution is 2.27. The number of benzene rings is 1. The monoisotopic (exact) mass is 268 g/mol. The molecular weight excluding hydrogens is 252 g/mol. The van der Waals surface area contributed by atoms with Crippen molar-refractivity contribution in [2.75, 3.05) is 5.32 Å². The van der Waals surface area contributed by atoms with Gasteiger partial charge in [0.1, 0.15) is 0 Å². The molecule has 3 rings (SSSR count). The first-order chi connectivity index (χ1) is 9.24. The third-order valence-corrected chi connectivity index (χ3v) is 4.48. The second-order valence-corrected chi connectivity index (χ2v) is 5.69. The third kappa shape index (κ3) is 2.47. The van der Waals surface area contributed by atoms with Crippen molar-refractivity contribution in [2.45, 2.75) is 19.9 Å². The summed E-state index contributed by atoms with van der Waals surface area (Å²) in [6.07, 6.45) is 1.83. The molecule has 0 aliphatic carbocycles. The van der Waals surface area contributed by atoms with Crippen molar-refractivity contribution in [3.05, 3.63) is 58.4 Å². The number of aromatic nitrogens is 1. The first-order valence-electron chi connectivity index (χ1n) is 6.39. The Morgan fingerprint density at radius 3 is 2.89 bits per heavy atom. The van der Waals surface area contributed by atoms with Gasteiger partial charge < -0.3 is 5.32 Å². The molecule has 3 aromatic rings. The molecule has 0 bridgehead atoms. The van der Waals surface area contributed by atoms with Crippen molar-refractivity contribution in [3.8, 4) is 0 Å². The number of aryl methyl sites for hydroxylation is 1. The summed E-state index contributed by atoms with van der Waals surface area (Å²) in [5.74, 6) is 0. The lowest BCUT2D eigenvalue weighted by atomic mass is 10.1. The van der Waals surface area contributed by atoms with Crippen LogP contribution in [0.25, 0.3) is 10.9 Å². The van der Waals surface area contributed by atoms with E-state index in [0.29, 0.717) is 6.04 Å². The summed E-state index contributed by atoms with van der Waals surface area (Å²) in [5, 5.41) is 6.87. The van der Waals surface area contributed by atoms with Crippen LogP contribution in [-0.4, -0.2) is 4.98 Å². The van der Waals surface area contributed by atoms with E-state index >= 15 is 0 Å². The molecule has 0 amide bonds. The molecule has 1 unspecified atom stereocenters. The molecule has 1 aromatic carbocycles. The number of nitrogens with zero attached hydrogens (tertiary/aromatic N) is 1. The Labute approximate surface area is 117 Å². The molecule has 1 atom stereocenters. The minimum absolute atomic E-state index is 0.328. The van der Waals surface area contributed by atoms with Crippen LogP contribution in [0.15, 0.2) is 48.0 Å². The van der Waals surface area contributed by atoms with Gasteiger partial charge in [-0.25, -0.2) is 0 Å². The fraction of sp³-hybridized carbons (Fsp3) is 0.188. The van der Waals surface area contributed by atoms with Gasteiger partial charge in [-0.05, 0) is 55.1 Å². The van der Waals surface area contributed by atoms with Crippen LogP contribution in [-0.2, 0) is 0 Å². The first kappa shape index (κ1) is 12.2. The van der Waals surface area contributed by atoms with Crippen molar-refractivity contribution in [1.29, 1.82) is 0 Å². The Bertz CT molecular complexity index is 703. The van der Waals surface area contributed by atoms with Gasteiger partial charge in [0.25, 0.3) is 0 Å². The predicted molar refractivity (Wildman–Crippen MR) is 82.8 cm³/mol. The van der Waals surface area contributed by atoms with Crippen LogP contribution in [0.3, 0.4) is 0 Å². The molecule has 96 valence electrons. The first-order valence-corrected chi connectivity index (χ1v) is 7.27. The molecule has 2 nitrogen and oxygen atoms in total. The lowest BCUT2D eigenvalue weighted by molar-refractivity contribution is 0.899. The fourth-order valence-electron chi connectivity index (χ4n) is 2.31. The second kappa shape index (κ2) is 5.02. The Morgan fingerprint density at radius 1 is 1.21 bits per heavy atom. The van der Waals surface area contributed by atoms with E-state index in [1.807, 2.05) is 12.3 Å². The van der Waals surface area contributed by atoms with Crippen molar-refractivity contribution in [3.63, 3.8) is 0 Å². The normalized spacial score (nSPS) is 12.5. The molecular formula is C16H16N2S. The Balaban J connectivity index is 1.87. The SMILES string of the molecule is Cc1ccsc1C(C)Nc1ccc2ncccc2c1. The van der Waals surface area contributed by atoms with Crippen LogP contribution in [0.1, 0.15) is 23.4 Å². The van der Waals surface area contributed by atoms with E-state index in [1.54, 1.807) is 11.3 Å². The highest BCUT2D eigenvalue weighted by atomic mass is 32.1. The Morgan fingerprint density at radius 2 is 2.11 bits per heavy atom. The Hall–Kier alpha value is -1.87. The summed E-state index contributed by atoms with van der Waals surface area (Å²) < 4.78 is 0. The second-order valence-electron chi connectivity index (χ2n) is 4.74. The molecule has 2 aromatic heterocycles. The lowest BCUT2D eigenvalue weighted by Gasteiger charge is -2.15. The van der Waals surface area contributed by atoms with Crippen LogP contribution < -0.4 is 5.32 Å². The van der Waals surface area contributed by atoms with E-state index in [9.17, 15) is 0 Å². The molecule has 3 heteroatoms. The van der Waals surface area contributed by atoms with Crippen LogP contribution in [0, 0.1) is 6.92 Å². The largest absolute Gasteiger partial charge is 0.378 e. The highest BCUT2D eigenvalue weighted by Gasteiger charge is 2.09. The number of fused-ring (bicyclic) bond motifs is 1. The molecule has 2 heterocycles. The van der Waals surface area contributed by atoms with Crippen molar-refractivity contribution in [1.82, 2.24) is 4.98 Å². The van der Waals surface area contributed by atoms with E-state index in [2.05, 4.69) is 59.9 Å². The summed E-state index contributed by atoms with van der Waals surface area (Å²) in [5.41, 5.74) is 3.53. The maximum Gasteiger partial charge on any atom is 0.0703 e. The van der Waals surface area contributed by atoms with Gasteiger partial charge in [0.05, 0.1) is 11.6 Å². The van der Waals surface area contributed by atoms with E-state index in [1.165, 1.54) is 15.8 Å². The van der Waals surface area contributed by atoms with Gasteiger partial charge in [0.15, 0.2) is 0 Å². The predicted octanol–water partition coefficient (Wildman–Crippen LogP) is 4.78. The zero-order chi connectivity index (χ0) is 13.2. The zero-order valence-electron chi connectivity index (χ0n) is 11.1. The number of hydrogen-bond acceptors (Lipinski definition) is 3. The maximum absolute atomic E-state index is 4.34. The quantitative estimate of drug-likeness (QED) is 0.739. The van der Waals surface area contributed by atoms with E-state index in [0.717, 1.165) is 11.2 Å². The Kier molecular flexibility index (Phi) is 3.22. The van der Waals surface area contributed by atoms with Gasteiger partial charge >= 0.3 is 0 Å². The van der Waals surface area contributed by atoms with Gasteiger partial charge in [0.2, 0.25) is 0 Å². The fourth-order valence-corrected chi connectivity index (χ4v) is 3.24. The van der Waals surface area contributed by atoms with E-state index < -0.39 is 0 Å². The van der Waals surface area contributed by atoms with E-state index in [-0.39, 0.29) is 0 Å². The van der Waals surface area contributed by atoms with Gasteiger partial charge in [-0.2, -0.15) is 0 Å². The molecule has 0 saturated carbocycles. The molecule has 0 radical (unpaired) electrons. The molecule has 0 aliphatic heterocycles. The van der Waals surface area contributed by atoms with Crippen LogP contribution >= 0.6 is 11.3 Å². The molecule has 0 aliphatic rings. The van der Waals surface area contributed by atoms with Crippen LogP contribution in [0.2, 0.25) is 0 Å². The molecule has 0 saturated heterocycles. The lowest BCUT2D eigenvalue weighted by Crippen LogP contribution is -2.05. The number of rotatable bonds is 3. The standard InChI is InChI=1S/C16H16N2S/c1-11-7-9-19-16(11)12(2)18-14-5-6-15-13(10-14)4-3-8-17-15/h3-10,12,18H,1-2H3. The minimum Gasteiger partial charge on any atom is -0.378 e. The minimum atomic E-state index is 0.328. The van der Waals surface area contributed by atoms with Crippen molar-refractivity contribution in [2.24, 2.45) is 0 Å². The van der Waals surface area contributed by atoms with Gasteiger partial charge in [-0.1, -0.05) is 6.07 Å². The summed E-state index contributed by atoms with van der Waals surface area (Å²) in [6.45, 7) is 4.36. The van der Waals surface area contributed by atoms with Crippen LogP contribution in [0.5, 0.6) is 0 Å². The summed E-state index contributed by atoms with van der Waals surface area (Å²) in [7, 11) is 0. The molecule has 0 spiro atoms. The van der Waals surface area contributed by atoms with Gasteiger partial charge in [0, 0.05) is 22.1 Å². The average Bonchev–Trinajstić information content (AvgIpc) is 2.85. The molecule has 1 N–H and O–H groups in total. The van der Waals surface area contributed by atoms with Crippen molar-refractivity contribution < 1.29 is 0 Å². The van der Waals surface area contributed by atoms with Gasteiger partial charge in [-0.15, -0.1) is 11.3 Å².